The van der Waals surface area contributed by atoms with Crippen molar-refractivity contribution in [1.29, 1.82) is 0 Å². The molecule has 202 valence electrons. The lowest BCUT2D eigenvalue weighted by molar-refractivity contribution is -0.136. The van der Waals surface area contributed by atoms with Crippen molar-refractivity contribution in [3.63, 3.8) is 0 Å². The molecule has 9 heteroatoms. The molecule has 5 aliphatic rings. The van der Waals surface area contributed by atoms with Crippen LogP contribution in [0.15, 0.2) is 36.4 Å². The fourth-order valence-corrected chi connectivity index (χ4v) is 7.66. The number of esters is 1. The molecule has 1 aliphatic heterocycles. The van der Waals surface area contributed by atoms with E-state index in [4.69, 9.17) is 9.72 Å². The third kappa shape index (κ3) is 4.51. The van der Waals surface area contributed by atoms with Crippen LogP contribution in [0.3, 0.4) is 0 Å². The number of hydrogen-bond acceptors (Lipinski definition) is 7. The maximum absolute atomic E-state index is 14.1. The van der Waals surface area contributed by atoms with Gasteiger partial charge in [-0.05, 0) is 87.1 Å². The first-order chi connectivity index (χ1) is 18.2. The number of nitrogens with one attached hydrogen (secondary N) is 1. The summed E-state index contributed by atoms with van der Waals surface area (Å²) >= 11 is 0. The third-order valence-corrected chi connectivity index (χ3v) is 9.15. The quantitative estimate of drug-likeness (QED) is 0.582. The molecule has 2 unspecified atom stereocenters. The largest absolute Gasteiger partial charge is 0.465 e. The van der Waals surface area contributed by atoms with E-state index in [0.717, 1.165) is 43.6 Å². The number of piperazine rings is 1. The molecular weight excluding hydrogens is 487 g/mol. The summed E-state index contributed by atoms with van der Waals surface area (Å²) in [5.41, 5.74) is 0.572. The number of ether oxygens (including phenoxy) is 1. The van der Waals surface area contributed by atoms with Crippen molar-refractivity contribution in [2.45, 2.75) is 56.7 Å². The predicted octanol–water partition coefficient (Wildman–Crippen LogP) is 3.39. The summed E-state index contributed by atoms with van der Waals surface area (Å²) in [7, 11) is 1.24. The van der Waals surface area contributed by atoms with Crippen molar-refractivity contribution in [2.24, 2.45) is 17.8 Å². The average molecular weight is 523 g/mol. The van der Waals surface area contributed by atoms with Gasteiger partial charge in [-0.2, -0.15) is 0 Å². The lowest BCUT2D eigenvalue weighted by Crippen LogP contribution is -2.61. The molecule has 2 aromatic rings. The smallest absolute Gasteiger partial charge is 0.340 e. The van der Waals surface area contributed by atoms with Crippen molar-refractivity contribution in [3.8, 4) is 0 Å². The number of methoxy groups -OCH3 is 1. The summed E-state index contributed by atoms with van der Waals surface area (Å²) in [5, 5.41) is 14.1. The Morgan fingerprint density at radius 3 is 2.58 bits per heavy atom. The highest BCUT2D eigenvalue weighted by Crippen LogP contribution is 2.55. The molecule has 8 nitrogen and oxygen atoms in total. The van der Waals surface area contributed by atoms with Crippen LogP contribution in [0.1, 0.15) is 59.9 Å². The van der Waals surface area contributed by atoms with Crippen LogP contribution in [0.5, 0.6) is 0 Å². The Balaban J connectivity index is 1.13. The number of benzene rings is 1. The first-order valence-corrected chi connectivity index (χ1v) is 13.6. The Morgan fingerprint density at radius 1 is 1.13 bits per heavy atom. The van der Waals surface area contributed by atoms with Gasteiger partial charge in [0, 0.05) is 37.4 Å². The molecule has 5 fully saturated rings. The van der Waals surface area contributed by atoms with E-state index in [9.17, 15) is 19.1 Å². The van der Waals surface area contributed by atoms with Crippen LogP contribution in [0, 0.1) is 23.6 Å². The summed E-state index contributed by atoms with van der Waals surface area (Å²) in [4.78, 5) is 34.2. The fraction of sp³-hybridized carbons (Fsp3) is 0.552. The van der Waals surface area contributed by atoms with Gasteiger partial charge in [-0.1, -0.05) is 6.07 Å². The number of aliphatic hydroxyl groups is 1. The number of amides is 1. The zero-order valence-corrected chi connectivity index (χ0v) is 21.9. The van der Waals surface area contributed by atoms with E-state index < -0.39 is 17.4 Å². The fourth-order valence-electron chi connectivity index (χ4n) is 7.66. The molecule has 0 spiro atoms. The second kappa shape index (κ2) is 9.52. The van der Waals surface area contributed by atoms with E-state index in [-0.39, 0.29) is 23.6 Å². The normalized spacial score (nSPS) is 31.8. The highest BCUT2D eigenvalue weighted by atomic mass is 19.1. The molecule has 4 bridgehead atoms. The van der Waals surface area contributed by atoms with Gasteiger partial charge in [0.1, 0.15) is 17.3 Å². The number of pyridine rings is 1. The van der Waals surface area contributed by atoms with E-state index in [1.807, 2.05) is 12.1 Å². The number of carbonyl (C=O) groups is 2. The minimum atomic E-state index is -0.695. The monoisotopic (exact) mass is 522 g/mol. The van der Waals surface area contributed by atoms with Crippen LogP contribution in [0.25, 0.3) is 0 Å². The van der Waals surface area contributed by atoms with Gasteiger partial charge in [0.2, 0.25) is 0 Å². The van der Waals surface area contributed by atoms with Gasteiger partial charge in [-0.3, -0.25) is 4.79 Å². The first kappa shape index (κ1) is 25.1. The molecule has 1 aromatic heterocycles. The summed E-state index contributed by atoms with van der Waals surface area (Å²) in [6.07, 6.45) is 4.68. The number of halogens is 1. The lowest BCUT2D eigenvalue weighted by atomic mass is 9.52. The highest BCUT2D eigenvalue weighted by molar-refractivity contribution is 5.93. The van der Waals surface area contributed by atoms with Crippen molar-refractivity contribution in [2.75, 3.05) is 36.5 Å². The molecule has 38 heavy (non-hydrogen) atoms. The summed E-state index contributed by atoms with van der Waals surface area (Å²) in [5.74, 6) is 0.586. The number of nitrogens with zero attached hydrogens (tertiary/aromatic N) is 3. The zero-order chi connectivity index (χ0) is 26.6. The molecule has 1 saturated heterocycles. The lowest BCUT2D eigenvalue weighted by Gasteiger charge is -2.58. The standard InChI is InChI=1S/C29H35FN4O4/c1-17-16-33(21-6-7-23(30)22(12-21)28(36)38-2)8-9-34(17)25-5-3-4-24(31-25)27(35)32-26-19-10-18-11-20(26)15-29(37,13-18)14-19/h3-7,12,17-20,26,37H,8-11,13-16H2,1-2H3,(H,32,35)/t17-,18?,19?,20?,26?,29?/m1/s1. The van der Waals surface area contributed by atoms with Crippen molar-refractivity contribution in [1.82, 2.24) is 10.3 Å². The maximum Gasteiger partial charge on any atom is 0.340 e. The third-order valence-electron chi connectivity index (χ3n) is 9.15. The molecule has 4 aliphatic carbocycles. The molecule has 0 radical (unpaired) electrons. The average Bonchev–Trinajstić information content (AvgIpc) is 2.89. The molecule has 1 amide bonds. The molecule has 2 N–H and O–H groups in total. The van der Waals surface area contributed by atoms with Gasteiger partial charge in [0.05, 0.1) is 18.3 Å². The molecule has 7 rings (SSSR count). The van der Waals surface area contributed by atoms with E-state index in [2.05, 4.69) is 22.0 Å². The minimum Gasteiger partial charge on any atom is -0.465 e. The van der Waals surface area contributed by atoms with E-state index in [1.54, 1.807) is 12.1 Å². The van der Waals surface area contributed by atoms with Crippen molar-refractivity contribution < 1.29 is 23.8 Å². The summed E-state index contributed by atoms with van der Waals surface area (Å²) in [6.45, 7) is 4.06. The van der Waals surface area contributed by atoms with Crippen LogP contribution in [-0.4, -0.2) is 66.4 Å². The summed E-state index contributed by atoms with van der Waals surface area (Å²) in [6, 6.07) is 10.3. The number of rotatable bonds is 5. The highest BCUT2D eigenvalue weighted by Gasteiger charge is 2.55. The van der Waals surface area contributed by atoms with Crippen LogP contribution >= 0.6 is 0 Å². The van der Waals surface area contributed by atoms with Gasteiger partial charge in [0.15, 0.2) is 0 Å². The van der Waals surface area contributed by atoms with Crippen molar-refractivity contribution >= 4 is 23.4 Å². The Morgan fingerprint density at radius 2 is 1.89 bits per heavy atom. The molecular formula is C29H35FN4O4. The SMILES string of the molecule is COC(=O)c1cc(N2CCN(c3cccc(C(=O)NC4C5CC6CC4CC(O)(C6)C5)n3)[C@H](C)C2)ccc1F. The molecule has 2 heterocycles. The molecule has 1 aromatic carbocycles. The number of hydrogen-bond donors (Lipinski definition) is 2. The van der Waals surface area contributed by atoms with Crippen LogP contribution in [0.4, 0.5) is 15.9 Å². The van der Waals surface area contributed by atoms with Crippen LogP contribution in [0.2, 0.25) is 0 Å². The maximum atomic E-state index is 14.1. The predicted molar refractivity (Wildman–Crippen MR) is 141 cm³/mol. The van der Waals surface area contributed by atoms with Gasteiger partial charge in [0.25, 0.3) is 5.91 Å². The van der Waals surface area contributed by atoms with Crippen molar-refractivity contribution in [3.05, 3.63) is 53.5 Å². The molecule has 4 saturated carbocycles. The number of carbonyl (C=O) groups excluding carboxylic acids is 2. The Bertz CT molecular complexity index is 1240. The first-order valence-electron chi connectivity index (χ1n) is 13.6. The Labute approximate surface area is 222 Å². The van der Waals surface area contributed by atoms with E-state index >= 15 is 0 Å². The zero-order valence-electron chi connectivity index (χ0n) is 21.9. The summed E-state index contributed by atoms with van der Waals surface area (Å²) < 4.78 is 18.8. The number of anilines is 2. The van der Waals surface area contributed by atoms with E-state index in [1.165, 1.54) is 19.2 Å². The van der Waals surface area contributed by atoms with Gasteiger partial charge in [-0.25, -0.2) is 14.2 Å². The second-order valence-corrected chi connectivity index (χ2v) is 11.7. The minimum absolute atomic E-state index is 0.0752. The Kier molecular flexibility index (Phi) is 6.29. The van der Waals surface area contributed by atoms with Gasteiger partial charge in [-0.15, -0.1) is 0 Å². The second-order valence-electron chi connectivity index (χ2n) is 11.7. The van der Waals surface area contributed by atoms with E-state index in [0.29, 0.717) is 43.1 Å². The topological polar surface area (TPSA) is 95.0 Å². The number of aromatic nitrogens is 1. The van der Waals surface area contributed by atoms with Crippen LogP contribution < -0.4 is 15.1 Å². The van der Waals surface area contributed by atoms with Gasteiger partial charge < -0.3 is 25.0 Å². The Hall–Kier alpha value is -3.20. The molecule has 3 atom stereocenters. The van der Waals surface area contributed by atoms with Gasteiger partial charge >= 0.3 is 5.97 Å². The van der Waals surface area contributed by atoms with Crippen LogP contribution in [-0.2, 0) is 4.74 Å².